The van der Waals surface area contributed by atoms with Crippen LogP contribution in [-0.4, -0.2) is 10.2 Å². The van der Waals surface area contributed by atoms with Crippen LogP contribution in [0.5, 0.6) is 0 Å². The van der Waals surface area contributed by atoms with Gasteiger partial charge >= 0.3 is 0 Å². The van der Waals surface area contributed by atoms with Gasteiger partial charge in [-0.15, -0.1) is 5.10 Å². The molecule has 0 spiro atoms. The molecule has 1 heterocycles. The van der Waals surface area contributed by atoms with Crippen LogP contribution >= 0.6 is 15.9 Å². The minimum Gasteiger partial charge on any atom is -0.204 e. The second-order valence-corrected chi connectivity index (χ2v) is 1.86. The molecule has 1 radical (unpaired) electrons. The summed E-state index contributed by atoms with van der Waals surface area (Å²) in [5, 5.41) is 6.69. The molecule has 0 atom stereocenters. The van der Waals surface area contributed by atoms with Gasteiger partial charge in [0.25, 0.3) is 0 Å². The summed E-state index contributed by atoms with van der Waals surface area (Å²) in [4.78, 5) is 0. The highest BCUT2D eigenvalue weighted by molar-refractivity contribution is 9.10. The van der Waals surface area contributed by atoms with E-state index in [1.165, 1.54) is 0 Å². The molecule has 4 heteroatoms. The van der Waals surface area contributed by atoms with Gasteiger partial charge in [0.15, 0.2) is 5.82 Å². The van der Waals surface area contributed by atoms with E-state index in [0.29, 0.717) is 0 Å². The van der Waals surface area contributed by atoms with E-state index < -0.39 is 5.82 Å². The number of hydrogen-bond acceptors (Lipinski definition) is 2. The van der Waals surface area contributed by atoms with Gasteiger partial charge in [-0.2, -0.15) is 5.10 Å². The minimum atomic E-state index is -0.508. The smallest absolute Gasteiger partial charge is 0.154 e. The highest BCUT2D eigenvalue weighted by Crippen LogP contribution is 2.01. The molecule has 1 rings (SSSR count). The SMILES string of the molecule is Fc1[c]c(Br)nnc1. The summed E-state index contributed by atoms with van der Waals surface area (Å²) in [6.07, 6.45) is 0.991. The third kappa shape index (κ3) is 1.23. The molecule has 0 aromatic carbocycles. The number of halogens is 2. The van der Waals surface area contributed by atoms with E-state index in [1.807, 2.05) is 0 Å². The van der Waals surface area contributed by atoms with Gasteiger partial charge in [0.2, 0.25) is 0 Å². The Hall–Kier alpha value is -0.510. The number of aromatic nitrogens is 2. The zero-order valence-electron chi connectivity index (χ0n) is 3.73. The van der Waals surface area contributed by atoms with Crippen molar-refractivity contribution in [1.82, 2.24) is 10.2 Å². The Morgan fingerprint density at radius 3 is 2.88 bits per heavy atom. The van der Waals surface area contributed by atoms with Gasteiger partial charge in [0, 0.05) is 0 Å². The molecular formula is C4HBrFN2. The van der Waals surface area contributed by atoms with Crippen molar-refractivity contribution in [3.8, 4) is 0 Å². The molecule has 0 aliphatic carbocycles. The molecule has 0 saturated heterocycles. The van der Waals surface area contributed by atoms with Crippen molar-refractivity contribution < 1.29 is 4.39 Å². The molecule has 0 aliphatic rings. The Kier molecular flexibility index (Phi) is 1.53. The average Bonchev–Trinajstić information content (AvgIpc) is 1.64. The first-order valence-electron chi connectivity index (χ1n) is 1.85. The first-order chi connectivity index (χ1) is 3.79. The Labute approximate surface area is 53.9 Å². The number of hydrogen-bond donors (Lipinski definition) is 0. The predicted molar refractivity (Wildman–Crippen MR) is 28.5 cm³/mol. The molecule has 41 valence electrons. The van der Waals surface area contributed by atoms with Gasteiger partial charge in [-0.3, -0.25) is 0 Å². The molecule has 0 saturated carbocycles. The zero-order chi connectivity index (χ0) is 5.98. The van der Waals surface area contributed by atoms with Crippen LogP contribution in [0.3, 0.4) is 0 Å². The topological polar surface area (TPSA) is 25.8 Å². The Balaban J connectivity index is 3.08. The van der Waals surface area contributed by atoms with Gasteiger partial charge in [-0.05, 0) is 15.9 Å². The summed E-state index contributed by atoms with van der Waals surface area (Å²) in [6.45, 7) is 0. The molecule has 1 aromatic heterocycles. The van der Waals surface area contributed by atoms with Crippen molar-refractivity contribution >= 4 is 15.9 Å². The van der Waals surface area contributed by atoms with Gasteiger partial charge in [0.05, 0.1) is 12.3 Å². The molecular weight excluding hydrogens is 175 g/mol. The van der Waals surface area contributed by atoms with Gasteiger partial charge in [0.1, 0.15) is 4.60 Å². The molecule has 0 N–H and O–H groups in total. The van der Waals surface area contributed by atoms with Crippen molar-refractivity contribution in [3.05, 3.63) is 22.7 Å². The van der Waals surface area contributed by atoms with Crippen LogP contribution in [0, 0.1) is 11.9 Å². The van der Waals surface area contributed by atoms with Crippen LogP contribution in [-0.2, 0) is 0 Å². The maximum absolute atomic E-state index is 12.0. The zero-order valence-corrected chi connectivity index (χ0v) is 5.31. The first kappa shape index (κ1) is 5.62. The Bertz CT molecular complexity index is 174. The molecule has 0 aliphatic heterocycles. The lowest BCUT2D eigenvalue weighted by Crippen LogP contribution is -1.82. The van der Waals surface area contributed by atoms with Gasteiger partial charge in [-0.1, -0.05) is 0 Å². The van der Waals surface area contributed by atoms with Crippen LogP contribution in [0.1, 0.15) is 0 Å². The summed E-state index contributed by atoms with van der Waals surface area (Å²) < 4.78 is 12.3. The van der Waals surface area contributed by atoms with E-state index in [1.54, 1.807) is 0 Å². The highest BCUT2D eigenvalue weighted by Gasteiger charge is 1.90. The summed E-state index contributed by atoms with van der Waals surface area (Å²) in [7, 11) is 0. The van der Waals surface area contributed by atoms with Crippen molar-refractivity contribution in [2.24, 2.45) is 0 Å². The molecule has 1 aromatic rings. The fourth-order valence-corrected chi connectivity index (χ4v) is 0.567. The lowest BCUT2D eigenvalue weighted by atomic mass is 10.6. The van der Waals surface area contributed by atoms with Crippen LogP contribution < -0.4 is 0 Å². The van der Waals surface area contributed by atoms with Crippen molar-refractivity contribution in [2.45, 2.75) is 0 Å². The van der Waals surface area contributed by atoms with E-state index in [9.17, 15) is 4.39 Å². The Morgan fingerprint density at radius 2 is 2.50 bits per heavy atom. The fraction of sp³-hybridized carbons (Fsp3) is 0. The van der Waals surface area contributed by atoms with E-state index in [0.717, 1.165) is 6.20 Å². The van der Waals surface area contributed by atoms with E-state index in [-0.39, 0.29) is 4.60 Å². The fourth-order valence-electron chi connectivity index (χ4n) is 0.286. The monoisotopic (exact) mass is 175 g/mol. The predicted octanol–water partition coefficient (Wildman–Crippen LogP) is 1.18. The summed E-state index contributed by atoms with van der Waals surface area (Å²) in [5.41, 5.74) is 0. The third-order valence-electron chi connectivity index (χ3n) is 0.539. The normalized spacial score (nSPS) is 9.25. The molecule has 0 unspecified atom stereocenters. The van der Waals surface area contributed by atoms with Crippen molar-refractivity contribution in [3.63, 3.8) is 0 Å². The Morgan fingerprint density at radius 1 is 1.75 bits per heavy atom. The van der Waals surface area contributed by atoms with Crippen molar-refractivity contribution in [2.75, 3.05) is 0 Å². The van der Waals surface area contributed by atoms with E-state index in [4.69, 9.17) is 0 Å². The molecule has 0 bridgehead atoms. The summed E-state index contributed by atoms with van der Waals surface area (Å²) in [6, 6.07) is 2.25. The van der Waals surface area contributed by atoms with Crippen LogP contribution in [0.2, 0.25) is 0 Å². The van der Waals surface area contributed by atoms with Crippen LogP contribution in [0.15, 0.2) is 10.8 Å². The van der Waals surface area contributed by atoms with Crippen LogP contribution in [0.4, 0.5) is 4.39 Å². The summed E-state index contributed by atoms with van der Waals surface area (Å²) in [5.74, 6) is -0.508. The largest absolute Gasteiger partial charge is 0.204 e. The molecule has 2 nitrogen and oxygen atoms in total. The van der Waals surface area contributed by atoms with Gasteiger partial charge in [-0.25, -0.2) is 4.39 Å². The molecule has 8 heavy (non-hydrogen) atoms. The quantitative estimate of drug-likeness (QED) is 0.592. The van der Waals surface area contributed by atoms with E-state index in [2.05, 4.69) is 32.2 Å². The molecule has 0 fully saturated rings. The second kappa shape index (κ2) is 2.17. The lowest BCUT2D eigenvalue weighted by Gasteiger charge is -1.82. The minimum absolute atomic E-state index is 0.289. The van der Waals surface area contributed by atoms with E-state index >= 15 is 0 Å². The summed E-state index contributed by atoms with van der Waals surface area (Å²) >= 11 is 2.89. The highest BCUT2D eigenvalue weighted by atomic mass is 79.9. The van der Waals surface area contributed by atoms with Crippen LogP contribution in [0.25, 0.3) is 0 Å². The third-order valence-corrected chi connectivity index (χ3v) is 0.896. The lowest BCUT2D eigenvalue weighted by molar-refractivity contribution is 0.610. The van der Waals surface area contributed by atoms with Crippen molar-refractivity contribution in [1.29, 1.82) is 0 Å². The number of nitrogens with zero attached hydrogens (tertiary/aromatic N) is 2. The second-order valence-electron chi connectivity index (χ2n) is 1.11. The standard InChI is InChI=1S/C4HBrFN2/c5-4-1-3(6)2-7-8-4/h2H. The number of rotatable bonds is 0. The average molecular weight is 176 g/mol. The maximum atomic E-state index is 12.0. The van der Waals surface area contributed by atoms with Gasteiger partial charge < -0.3 is 0 Å². The molecule has 0 amide bonds. The first-order valence-corrected chi connectivity index (χ1v) is 2.64. The maximum Gasteiger partial charge on any atom is 0.154 e.